The molecule has 1 amide bonds. The summed E-state index contributed by atoms with van der Waals surface area (Å²) >= 11 is 0. The zero-order valence-electron chi connectivity index (χ0n) is 10.5. The van der Waals surface area contributed by atoms with Gasteiger partial charge in [0.05, 0.1) is 0 Å². The molecule has 1 heterocycles. The van der Waals surface area contributed by atoms with E-state index in [1.165, 1.54) is 0 Å². The second-order valence-corrected chi connectivity index (χ2v) is 4.45. The summed E-state index contributed by atoms with van der Waals surface area (Å²) in [6, 6.07) is 3.46. The number of hydrogen-bond donors (Lipinski definition) is 2. The van der Waals surface area contributed by atoms with E-state index in [1.807, 2.05) is 6.92 Å². The van der Waals surface area contributed by atoms with Gasteiger partial charge in [-0.25, -0.2) is 0 Å². The molecule has 0 aliphatic carbocycles. The quantitative estimate of drug-likeness (QED) is 0.852. The Morgan fingerprint density at radius 3 is 2.53 bits per heavy atom. The molecule has 0 saturated heterocycles. The van der Waals surface area contributed by atoms with Gasteiger partial charge in [-0.1, -0.05) is 13.8 Å². The minimum absolute atomic E-state index is 0. The highest BCUT2D eigenvalue weighted by Gasteiger charge is 2.15. The third kappa shape index (κ3) is 5.24. The summed E-state index contributed by atoms with van der Waals surface area (Å²) in [6.07, 6.45) is 0.877. The molecule has 0 radical (unpaired) electrons. The number of aryl methyl sites for hydroxylation is 1. The van der Waals surface area contributed by atoms with Crippen LogP contribution in [0.25, 0.3) is 0 Å². The highest BCUT2D eigenvalue weighted by atomic mass is 35.5. The zero-order valence-corrected chi connectivity index (χ0v) is 11.3. The molecule has 3 N–H and O–H groups in total. The van der Waals surface area contributed by atoms with E-state index in [9.17, 15) is 4.79 Å². The fraction of sp³-hybridized carbons (Fsp3) is 0.583. The van der Waals surface area contributed by atoms with Crippen molar-refractivity contribution in [3.05, 3.63) is 23.7 Å². The monoisotopic (exact) mass is 260 g/mol. The third-order valence-electron chi connectivity index (χ3n) is 2.34. The van der Waals surface area contributed by atoms with Crippen LogP contribution in [0.4, 0.5) is 0 Å². The number of carbonyl (C=O) groups excluding carboxylic acids is 1. The second-order valence-electron chi connectivity index (χ2n) is 4.45. The smallest absolute Gasteiger partial charge is 0.287 e. The largest absolute Gasteiger partial charge is 0.456 e. The van der Waals surface area contributed by atoms with Gasteiger partial charge in [0.15, 0.2) is 5.76 Å². The predicted molar refractivity (Wildman–Crippen MR) is 70.5 cm³/mol. The van der Waals surface area contributed by atoms with Crippen molar-refractivity contribution in [2.75, 3.05) is 6.54 Å². The van der Waals surface area contributed by atoms with Gasteiger partial charge < -0.3 is 15.5 Å². The summed E-state index contributed by atoms with van der Waals surface area (Å²) in [6.45, 7) is 6.46. The van der Waals surface area contributed by atoms with Gasteiger partial charge in [-0.2, -0.15) is 0 Å². The minimum atomic E-state index is -0.191. The van der Waals surface area contributed by atoms with Gasteiger partial charge in [0.1, 0.15) is 5.76 Å². The number of hydrogen-bond acceptors (Lipinski definition) is 3. The molecule has 1 unspecified atom stereocenters. The number of halogens is 1. The van der Waals surface area contributed by atoms with Crippen LogP contribution in [-0.2, 0) is 0 Å². The Morgan fingerprint density at radius 1 is 1.47 bits per heavy atom. The van der Waals surface area contributed by atoms with E-state index in [0.717, 1.165) is 12.2 Å². The van der Waals surface area contributed by atoms with Gasteiger partial charge in [0.25, 0.3) is 5.91 Å². The van der Waals surface area contributed by atoms with Crippen LogP contribution in [0.1, 0.15) is 36.6 Å². The van der Waals surface area contributed by atoms with Crippen molar-refractivity contribution >= 4 is 18.3 Å². The lowest BCUT2D eigenvalue weighted by molar-refractivity contribution is 0.0904. The first-order valence-electron chi connectivity index (χ1n) is 5.60. The van der Waals surface area contributed by atoms with Crippen molar-refractivity contribution < 1.29 is 9.21 Å². The van der Waals surface area contributed by atoms with Crippen LogP contribution in [0.5, 0.6) is 0 Å². The van der Waals surface area contributed by atoms with Crippen LogP contribution in [-0.4, -0.2) is 18.5 Å². The number of nitrogens with two attached hydrogens (primary N) is 1. The van der Waals surface area contributed by atoms with Crippen molar-refractivity contribution in [3.8, 4) is 0 Å². The summed E-state index contributed by atoms with van der Waals surface area (Å²) in [7, 11) is 0. The van der Waals surface area contributed by atoms with E-state index in [4.69, 9.17) is 10.2 Å². The van der Waals surface area contributed by atoms with Crippen molar-refractivity contribution in [1.29, 1.82) is 0 Å². The number of nitrogens with one attached hydrogen (secondary N) is 1. The lowest BCUT2D eigenvalue weighted by Crippen LogP contribution is -2.40. The number of furan rings is 1. The predicted octanol–water partition coefficient (Wildman–Crippen LogP) is 2.11. The van der Waals surface area contributed by atoms with E-state index >= 15 is 0 Å². The topological polar surface area (TPSA) is 68.3 Å². The summed E-state index contributed by atoms with van der Waals surface area (Å²) in [5.41, 5.74) is 5.61. The lowest BCUT2D eigenvalue weighted by Gasteiger charge is -2.17. The van der Waals surface area contributed by atoms with Gasteiger partial charge in [0.2, 0.25) is 0 Å². The molecule has 98 valence electrons. The highest BCUT2D eigenvalue weighted by molar-refractivity contribution is 5.91. The Labute approximate surface area is 108 Å². The summed E-state index contributed by atoms with van der Waals surface area (Å²) in [5, 5.41) is 2.87. The molecule has 0 aromatic carbocycles. The highest BCUT2D eigenvalue weighted by Crippen LogP contribution is 2.08. The molecule has 0 bridgehead atoms. The Balaban J connectivity index is 0.00000256. The van der Waals surface area contributed by atoms with Gasteiger partial charge in [-0.15, -0.1) is 12.4 Å². The van der Waals surface area contributed by atoms with Crippen LogP contribution >= 0.6 is 12.4 Å². The van der Waals surface area contributed by atoms with E-state index in [2.05, 4.69) is 19.2 Å². The SMILES string of the molecule is Cc1ccc(C(=O)NC(CN)CC(C)C)o1.Cl. The first kappa shape index (κ1) is 16.0. The maximum atomic E-state index is 11.7. The van der Waals surface area contributed by atoms with Crippen LogP contribution in [0, 0.1) is 12.8 Å². The average Bonchev–Trinajstić information content (AvgIpc) is 2.63. The molecule has 1 atom stereocenters. The molecular formula is C12H21ClN2O2. The molecule has 17 heavy (non-hydrogen) atoms. The van der Waals surface area contributed by atoms with Crippen LogP contribution in [0.15, 0.2) is 16.5 Å². The molecule has 1 rings (SSSR count). The zero-order chi connectivity index (χ0) is 12.1. The molecule has 0 aliphatic heterocycles. The minimum Gasteiger partial charge on any atom is -0.456 e. The Bertz CT molecular complexity index is 350. The Morgan fingerprint density at radius 2 is 2.12 bits per heavy atom. The number of rotatable bonds is 5. The molecule has 0 saturated carbocycles. The molecule has 0 fully saturated rings. The molecule has 1 aromatic heterocycles. The second kappa shape index (κ2) is 7.35. The lowest BCUT2D eigenvalue weighted by atomic mass is 10.0. The maximum Gasteiger partial charge on any atom is 0.287 e. The van der Waals surface area contributed by atoms with E-state index in [0.29, 0.717) is 18.2 Å². The molecule has 5 heteroatoms. The normalized spacial score (nSPS) is 12.1. The molecular weight excluding hydrogens is 240 g/mol. The summed E-state index contributed by atoms with van der Waals surface area (Å²) < 4.78 is 5.24. The Hall–Kier alpha value is -1.00. The van der Waals surface area contributed by atoms with Crippen LogP contribution in [0.3, 0.4) is 0 Å². The number of amides is 1. The van der Waals surface area contributed by atoms with Gasteiger partial charge in [-0.3, -0.25) is 4.79 Å². The third-order valence-corrected chi connectivity index (χ3v) is 2.34. The molecule has 4 nitrogen and oxygen atoms in total. The fourth-order valence-corrected chi connectivity index (χ4v) is 1.60. The van der Waals surface area contributed by atoms with Crippen molar-refractivity contribution in [2.45, 2.75) is 33.2 Å². The van der Waals surface area contributed by atoms with Crippen molar-refractivity contribution in [2.24, 2.45) is 11.7 Å². The van der Waals surface area contributed by atoms with Gasteiger partial charge >= 0.3 is 0 Å². The molecule has 0 spiro atoms. The summed E-state index contributed by atoms with van der Waals surface area (Å²) in [5.74, 6) is 1.40. The van der Waals surface area contributed by atoms with Crippen LogP contribution < -0.4 is 11.1 Å². The van der Waals surface area contributed by atoms with Crippen LogP contribution in [0.2, 0.25) is 0 Å². The Kier molecular flexibility index (Phi) is 6.92. The van der Waals surface area contributed by atoms with Crippen molar-refractivity contribution in [3.63, 3.8) is 0 Å². The van der Waals surface area contributed by atoms with Crippen molar-refractivity contribution in [1.82, 2.24) is 5.32 Å². The first-order valence-corrected chi connectivity index (χ1v) is 5.60. The first-order chi connectivity index (χ1) is 7.52. The van der Waals surface area contributed by atoms with E-state index in [-0.39, 0.29) is 24.4 Å². The van der Waals surface area contributed by atoms with Gasteiger partial charge in [-0.05, 0) is 31.4 Å². The summed E-state index contributed by atoms with van der Waals surface area (Å²) in [4.78, 5) is 11.7. The molecule has 1 aromatic rings. The van der Waals surface area contributed by atoms with E-state index in [1.54, 1.807) is 12.1 Å². The fourth-order valence-electron chi connectivity index (χ4n) is 1.60. The van der Waals surface area contributed by atoms with Gasteiger partial charge in [0, 0.05) is 12.6 Å². The standard InChI is InChI=1S/C12H20N2O2.ClH/c1-8(2)6-10(7-13)14-12(15)11-5-4-9(3)16-11;/h4-5,8,10H,6-7,13H2,1-3H3,(H,14,15);1H. The maximum absolute atomic E-state index is 11.7. The number of carbonyl (C=O) groups is 1. The molecule has 0 aliphatic rings. The average molecular weight is 261 g/mol. The van der Waals surface area contributed by atoms with E-state index < -0.39 is 0 Å².